The largest absolute Gasteiger partial charge is 0.496 e. The van der Waals surface area contributed by atoms with Crippen LogP contribution in [-0.4, -0.2) is 32.7 Å². The van der Waals surface area contributed by atoms with Crippen LogP contribution in [0.25, 0.3) is 0 Å². The van der Waals surface area contributed by atoms with E-state index in [1.165, 1.54) is 5.56 Å². The predicted octanol–water partition coefficient (Wildman–Crippen LogP) is 1.52. The van der Waals surface area contributed by atoms with E-state index in [0.717, 1.165) is 30.8 Å². The zero-order valence-corrected chi connectivity index (χ0v) is 12.5. The minimum Gasteiger partial charge on any atom is -0.496 e. The maximum atomic E-state index is 12.0. The van der Waals surface area contributed by atoms with Gasteiger partial charge in [0.25, 0.3) is 0 Å². The molecule has 20 heavy (non-hydrogen) atoms. The van der Waals surface area contributed by atoms with Crippen molar-refractivity contribution in [2.75, 3.05) is 26.7 Å². The van der Waals surface area contributed by atoms with Gasteiger partial charge in [-0.2, -0.15) is 0 Å². The standard InChI is InChI=1S/C16H24N2O2/c1-11-4-5-13(8-15(11)20-3)6-7-18-16(19)12(2)14-9-17-10-14/h4-5,8,12,14,17H,6-7,9-10H2,1-3H3,(H,18,19). The van der Waals surface area contributed by atoms with Crippen molar-refractivity contribution < 1.29 is 9.53 Å². The van der Waals surface area contributed by atoms with Crippen LogP contribution in [0.4, 0.5) is 0 Å². The van der Waals surface area contributed by atoms with Gasteiger partial charge in [0, 0.05) is 12.5 Å². The number of rotatable bonds is 6. The Morgan fingerprint density at radius 1 is 1.50 bits per heavy atom. The highest BCUT2D eigenvalue weighted by atomic mass is 16.5. The summed E-state index contributed by atoms with van der Waals surface area (Å²) in [4.78, 5) is 12.0. The minimum atomic E-state index is 0.101. The summed E-state index contributed by atoms with van der Waals surface area (Å²) in [6.07, 6.45) is 0.831. The Labute approximate surface area is 120 Å². The van der Waals surface area contributed by atoms with Crippen molar-refractivity contribution in [3.8, 4) is 5.75 Å². The van der Waals surface area contributed by atoms with Crippen LogP contribution in [0.5, 0.6) is 5.75 Å². The van der Waals surface area contributed by atoms with Gasteiger partial charge in [-0.1, -0.05) is 19.1 Å². The van der Waals surface area contributed by atoms with Gasteiger partial charge in [0.15, 0.2) is 0 Å². The van der Waals surface area contributed by atoms with Crippen molar-refractivity contribution in [1.29, 1.82) is 0 Å². The molecule has 1 aromatic rings. The van der Waals surface area contributed by atoms with E-state index in [2.05, 4.69) is 22.8 Å². The molecule has 1 aliphatic rings. The molecule has 0 bridgehead atoms. The molecule has 0 radical (unpaired) electrons. The van der Waals surface area contributed by atoms with E-state index in [1.807, 2.05) is 19.9 Å². The summed E-state index contributed by atoms with van der Waals surface area (Å²) >= 11 is 0. The number of hydrogen-bond donors (Lipinski definition) is 2. The first-order valence-corrected chi connectivity index (χ1v) is 7.23. The molecule has 0 spiro atoms. The van der Waals surface area contributed by atoms with Gasteiger partial charge in [-0.15, -0.1) is 0 Å². The molecule has 2 rings (SSSR count). The highest BCUT2D eigenvalue weighted by Crippen LogP contribution is 2.19. The van der Waals surface area contributed by atoms with Crippen LogP contribution >= 0.6 is 0 Å². The van der Waals surface area contributed by atoms with Gasteiger partial charge >= 0.3 is 0 Å². The van der Waals surface area contributed by atoms with Gasteiger partial charge in [-0.05, 0) is 49.5 Å². The lowest BCUT2D eigenvalue weighted by atomic mass is 9.88. The third-order valence-corrected chi connectivity index (χ3v) is 4.12. The fraction of sp³-hybridized carbons (Fsp3) is 0.562. The van der Waals surface area contributed by atoms with Crippen LogP contribution in [0.3, 0.4) is 0 Å². The summed E-state index contributed by atoms with van der Waals surface area (Å²) in [5.74, 6) is 1.66. The average molecular weight is 276 g/mol. The fourth-order valence-electron chi connectivity index (χ4n) is 2.39. The van der Waals surface area contributed by atoms with Gasteiger partial charge < -0.3 is 15.4 Å². The van der Waals surface area contributed by atoms with Gasteiger partial charge in [-0.3, -0.25) is 4.79 Å². The number of aryl methyl sites for hydroxylation is 1. The molecule has 1 aliphatic heterocycles. The number of nitrogens with one attached hydrogen (secondary N) is 2. The first-order chi connectivity index (χ1) is 9.61. The first kappa shape index (κ1) is 14.9. The van der Waals surface area contributed by atoms with Crippen molar-refractivity contribution >= 4 is 5.91 Å². The maximum absolute atomic E-state index is 12.0. The van der Waals surface area contributed by atoms with Crippen LogP contribution < -0.4 is 15.4 Å². The Morgan fingerprint density at radius 3 is 2.85 bits per heavy atom. The van der Waals surface area contributed by atoms with Crippen LogP contribution in [0, 0.1) is 18.8 Å². The number of ether oxygens (including phenoxy) is 1. The summed E-state index contributed by atoms with van der Waals surface area (Å²) in [6, 6.07) is 6.18. The predicted molar refractivity (Wildman–Crippen MR) is 80.0 cm³/mol. The Bertz CT molecular complexity index is 470. The average Bonchev–Trinajstić information content (AvgIpc) is 2.38. The second-order valence-corrected chi connectivity index (χ2v) is 5.55. The van der Waals surface area contributed by atoms with Crippen molar-refractivity contribution in [2.24, 2.45) is 11.8 Å². The second-order valence-electron chi connectivity index (χ2n) is 5.55. The first-order valence-electron chi connectivity index (χ1n) is 7.23. The Balaban J connectivity index is 1.79. The molecule has 1 saturated heterocycles. The van der Waals surface area contributed by atoms with Crippen LogP contribution in [0.2, 0.25) is 0 Å². The number of carbonyl (C=O) groups excluding carboxylic acids is 1. The van der Waals surface area contributed by atoms with Crippen LogP contribution in [-0.2, 0) is 11.2 Å². The van der Waals surface area contributed by atoms with E-state index in [9.17, 15) is 4.79 Å². The van der Waals surface area contributed by atoms with E-state index in [1.54, 1.807) is 7.11 Å². The molecular weight excluding hydrogens is 252 g/mol. The quantitative estimate of drug-likeness (QED) is 0.828. The number of methoxy groups -OCH3 is 1. The van der Waals surface area contributed by atoms with Crippen molar-refractivity contribution in [1.82, 2.24) is 10.6 Å². The molecule has 1 unspecified atom stereocenters. The Hall–Kier alpha value is -1.55. The fourth-order valence-corrected chi connectivity index (χ4v) is 2.39. The Kier molecular flexibility index (Phi) is 5.01. The zero-order chi connectivity index (χ0) is 14.5. The third-order valence-electron chi connectivity index (χ3n) is 4.12. The van der Waals surface area contributed by atoms with Crippen molar-refractivity contribution in [3.05, 3.63) is 29.3 Å². The zero-order valence-electron chi connectivity index (χ0n) is 12.5. The van der Waals surface area contributed by atoms with Gasteiger partial charge in [0.2, 0.25) is 5.91 Å². The molecule has 4 nitrogen and oxygen atoms in total. The topological polar surface area (TPSA) is 50.4 Å². The number of hydrogen-bond acceptors (Lipinski definition) is 3. The lowest BCUT2D eigenvalue weighted by Gasteiger charge is -2.31. The second kappa shape index (κ2) is 6.75. The van der Waals surface area contributed by atoms with Gasteiger partial charge in [0.1, 0.15) is 5.75 Å². The highest BCUT2D eigenvalue weighted by Gasteiger charge is 2.28. The van der Waals surface area contributed by atoms with E-state index in [-0.39, 0.29) is 11.8 Å². The molecule has 1 fully saturated rings. The molecule has 1 atom stereocenters. The summed E-state index contributed by atoms with van der Waals surface area (Å²) in [5, 5.41) is 6.23. The molecule has 0 aliphatic carbocycles. The lowest BCUT2D eigenvalue weighted by molar-refractivity contribution is -0.126. The van der Waals surface area contributed by atoms with E-state index >= 15 is 0 Å². The molecule has 4 heteroatoms. The molecule has 110 valence electrons. The van der Waals surface area contributed by atoms with E-state index in [0.29, 0.717) is 12.5 Å². The van der Waals surface area contributed by atoms with Gasteiger partial charge in [-0.25, -0.2) is 0 Å². The summed E-state index contributed by atoms with van der Waals surface area (Å²) in [5.41, 5.74) is 2.32. The molecule has 1 aromatic carbocycles. The summed E-state index contributed by atoms with van der Waals surface area (Å²) < 4.78 is 5.31. The summed E-state index contributed by atoms with van der Waals surface area (Å²) in [7, 11) is 1.68. The maximum Gasteiger partial charge on any atom is 0.223 e. The molecule has 2 N–H and O–H groups in total. The summed E-state index contributed by atoms with van der Waals surface area (Å²) in [6.45, 7) is 6.64. The Morgan fingerprint density at radius 2 is 2.25 bits per heavy atom. The van der Waals surface area contributed by atoms with Gasteiger partial charge in [0.05, 0.1) is 7.11 Å². The molecule has 1 amide bonds. The minimum absolute atomic E-state index is 0.101. The lowest BCUT2D eigenvalue weighted by Crippen LogP contribution is -2.49. The van der Waals surface area contributed by atoms with Crippen molar-refractivity contribution in [2.45, 2.75) is 20.3 Å². The van der Waals surface area contributed by atoms with E-state index in [4.69, 9.17) is 4.74 Å². The smallest absolute Gasteiger partial charge is 0.223 e. The van der Waals surface area contributed by atoms with E-state index < -0.39 is 0 Å². The third kappa shape index (κ3) is 3.51. The molecular formula is C16H24N2O2. The number of benzene rings is 1. The normalized spacial score (nSPS) is 16.4. The van der Waals surface area contributed by atoms with Crippen LogP contribution in [0.1, 0.15) is 18.1 Å². The molecule has 1 heterocycles. The number of carbonyl (C=O) groups is 1. The molecule has 0 aromatic heterocycles. The van der Waals surface area contributed by atoms with Crippen LogP contribution in [0.15, 0.2) is 18.2 Å². The highest BCUT2D eigenvalue weighted by molar-refractivity contribution is 5.78. The van der Waals surface area contributed by atoms with Crippen molar-refractivity contribution in [3.63, 3.8) is 0 Å². The monoisotopic (exact) mass is 276 g/mol. The SMILES string of the molecule is COc1cc(CCNC(=O)C(C)C2CNC2)ccc1C. The molecule has 0 saturated carbocycles. The number of amides is 1.